The Bertz CT molecular complexity index is 740. The molecule has 0 heterocycles. The molecule has 6 heteroatoms. The van der Waals surface area contributed by atoms with Crippen LogP contribution in [0, 0.1) is 6.92 Å². The highest BCUT2D eigenvalue weighted by molar-refractivity contribution is 7.89. The predicted molar refractivity (Wildman–Crippen MR) is 85.4 cm³/mol. The summed E-state index contributed by atoms with van der Waals surface area (Å²) in [6.45, 7) is 3.97. The molecule has 0 radical (unpaired) electrons. The second-order valence-electron chi connectivity index (χ2n) is 5.08. The minimum Gasteiger partial charge on any atom is -0.399 e. The van der Waals surface area contributed by atoms with Crippen molar-refractivity contribution in [3.05, 3.63) is 53.6 Å². The SMILES string of the molecule is Cc1ccc(C(C)Nc2ccc(N)cc2S(N)(=O)=O)cc1. The van der Waals surface area contributed by atoms with E-state index in [0.717, 1.165) is 5.56 Å². The van der Waals surface area contributed by atoms with Crippen molar-refractivity contribution in [2.45, 2.75) is 24.8 Å². The molecule has 5 nitrogen and oxygen atoms in total. The van der Waals surface area contributed by atoms with Crippen molar-refractivity contribution in [1.29, 1.82) is 0 Å². The molecule has 0 aliphatic rings. The van der Waals surface area contributed by atoms with Crippen LogP contribution in [0.5, 0.6) is 0 Å². The van der Waals surface area contributed by atoms with Crippen LogP contribution in [-0.2, 0) is 10.0 Å². The molecule has 0 aliphatic heterocycles. The lowest BCUT2D eigenvalue weighted by Gasteiger charge is -2.18. The van der Waals surface area contributed by atoms with E-state index >= 15 is 0 Å². The van der Waals surface area contributed by atoms with Gasteiger partial charge in [0, 0.05) is 11.7 Å². The Hall–Kier alpha value is -2.05. The highest BCUT2D eigenvalue weighted by Gasteiger charge is 2.16. The van der Waals surface area contributed by atoms with Crippen molar-refractivity contribution in [3.63, 3.8) is 0 Å². The van der Waals surface area contributed by atoms with E-state index in [1.165, 1.54) is 11.6 Å². The first-order chi connectivity index (χ1) is 9.77. The summed E-state index contributed by atoms with van der Waals surface area (Å²) in [4.78, 5) is 0.00135. The Morgan fingerprint density at radius 1 is 1.10 bits per heavy atom. The third-order valence-corrected chi connectivity index (χ3v) is 4.21. The molecule has 5 N–H and O–H groups in total. The summed E-state index contributed by atoms with van der Waals surface area (Å²) in [7, 11) is -3.83. The molecule has 0 aliphatic carbocycles. The second kappa shape index (κ2) is 5.75. The lowest BCUT2D eigenvalue weighted by atomic mass is 10.1. The highest BCUT2D eigenvalue weighted by Crippen LogP contribution is 2.27. The number of anilines is 2. The fourth-order valence-corrected chi connectivity index (χ4v) is 2.80. The van der Waals surface area contributed by atoms with Gasteiger partial charge >= 0.3 is 0 Å². The number of nitrogen functional groups attached to an aromatic ring is 1. The van der Waals surface area contributed by atoms with E-state index in [1.54, 1.807) is 12.1 Å². The maximum atomic E-state index is 11.7. The van der Waals surface area contributed by atoms with Gasteiger partial charge < -0.3 is 11.1 Å². The van der Waals surface area contributed by atoms with Gasteiger partial charge in [0.1, 0.15) is 4.90 Å². The number of benzene rings is 2. The number of nitrogens with one attached hydrogen (secondary N) is 1. The fourth-order valence-electron chi connectivity index (χ4n) is 2.07. The van der Waals surface area contributed by atoms with Crippen LogP contribution < -0.4 is 16.2 Å². The minimum atomic E-state index is -3.83. The van der Waals surface area contributed by atoms with Gasteiger partial charge in [0.2, 0.25) is 10.0 Å². The van der Waals surface area contributed by atoms with E-state index in [4.69, 9.17) is 10.9 Å². The van der Waals surface area contributed by atoms with Crippen LogP contribution in [-0.4, -0.2) is 8.42 Å². The van der Waals surface area contributed by atoms with E-state index in [2.05, 4.69) is 5.32 Å². The molecule has 0 aromatic heterocycles. The zero-order valence-electron chi connectivity index (χ0n) is 12.0. The van der Waals surface area contributed by atoms with Crippen molar-refractivity contribution >= 4 is 21.4 Å². The molecule has 1 atom stereocenters. The largest absolute Gasteiger partial charge is 0.399 e. The number of aryl methyl sites for hydroxylation is 1. The Kier molecular flexibility index (Phi) is 4.20. The lowest BCUT2D eigenvalue weighted by Crippen LogP contribution is -2.16. The Balaban J connectivity index is 2.33. The standard InChI is InChI=1S/C15H19N3O2S/c1-10-3-5-12(6-4-10)11(2)18-14-8-7-13(16)9-15(14)21(17,19)20/h3-9,11,18H,16H2,1-2H3,(H2,17,19,20). The topological polar surface area (TPSA) is 98.2 Å². The van der Waals surface area contributed by atoms with Crippen LogP contribution in [0.4, 0.5) is 11.4 Å². The average Bonchev–Trinajstić information content (AvgIpc) is 2.40. The smallest absolute Gasteiger partial charge is 0.240 e. The summed E-state index contributed by atoms with van der Waals surface area (Å²) in [5.74, 6) is 0. The second-order valence-corrected chi connectivity index (χ2v) is 6.61. The maximum absolute atomic E-state index is 11.7. The molecule has 1 unspecified atom stereocenters. The first-order valence-corrected chi connectivity index (χ1v) is 8.07. The van der Waals surface area contributed by atoms with Gasteiger partial charge in [0.25, 0.3) is 0 Å². The number of sulfonamides is 1. The molecule has 0 spiro atoms. The van der Waals surface area contributed by atoms with Gasteiger partial charge in [-0.05, 0) is 37.6 Å². The highest BCUT2D eigenvalue weighted by atomic mass is 32.2. The third kappa shape index (κ3) is 3.74. The summed E-state index contributed by atoms with van der Waals surface area (Å²) >= 11 is 0. The van der Waals surface area contributed by atoms with E-state index in [1.807, 2.05) is 38.1 Å². The molecule has 112 valence electrons. The zero-order chi connectivity index (χ0) is 15.6. The van der Waals surface area contributed by atoms with Crippen molar-refractivity contribution in [1.82, 2.24) is 0 Å². The molecular formula is C15H19N3O2S. The van der Waals surface area contributed by atoms with Crippen LogP contribution in [0.3, 0.4) is 0 Å². The van der Waals surface area contributed by atoms with E-state index in [9.17, 15) is 8.42 Å². The number of hydrogen-bond acceptors (Lipinski definition) is 4. The normalized spacial score (nSPS) is 12.9. The van der Waals surface area contributed by atoms with Crippen LogP contribution in [0.15, 0.2) is 47.4 Å². The zero-order valence-corrected chi connectivity index (χ0v) is 12.8. The molecule has 0 bridgehead atoms. The number of nitrogens with two attached hydrogens (primary N) is 2. The fraction of sp³-hybridized carbons (Fsp3) is 0.200. The van der Waals surface area contributed by atoms with E-state index < -0.39 is 10.0 Å². The molecule has 0 fully saturated rings. The number of primary sulfonamides is 1. The first-order valence-electron chi connectivity index (χ1n) is 6.53. The van der Waals surface area contributed by atoms with Crippen molar-refractivity contribution in [2.75, 3.05) is 11.1 Å². The molecule has 0 amide bonds. The van der Waals surface area contributed by atoms with E-state index in [0.29, 0.717) is 11.4 Å². The average molecular weight is 305 g/mol. The number of hydrogen-bond donors (Lipinski definition) is 3. The quantitative estimate of drug-likeness (QED) is 0.755. The number of rotatable bonds is 4. The predicted octanol–water partition coefficient (Wildman–Crippen LogP) is 2.40. The summed E-state index contributed by atoms with van der Waals surface area (Å²) < 4.78 is 23.3. The monoisotopic (exact) mass is 305 g/mol. The molecule has 2 rings (SSSR count). The minimum absolute atomic E-state index is 0.00135. The van der Waals surface area contributed by atoms with Gasteiger partial charge in [-0.1, -0.05) is 29.8 Å². The van der Waals surface area contributed by atoms with Crippen LogP contribution >= 0.6 is 0 Å². The van der Waals surface area contributed by atoms with Gasteiger partial charge in [-0.15, -0.1) is 0 Å². The van der Waals surface area contributed by atoms with Crippen molar-refractivity contribution in [3.8, 4) is 0 Å². The van der Waals surface area contributed by atoms with Gasteiger partial charge in [0.05, 0.1) is 5.69 Å². The maximum Gasteiger partial charge on any atom is 0.240 e. The molecule has 0 saturated carbocycles. The summed E-state index contributed by atoms with van der Waals surface area (Å²) in [5, 5.41) is 8.40. The summed E-state index contributed by atoms with van der Waals surface area (Å²) in [6.07, 6.45) is 0. The first kappa shape index (κ1) is 15.3. The lowest BCUT2D eigenvalue weighted by molar-refractivity contribution is 0.598. The van der Waals surface area contributed by atoms with Gasteiger partial charge in [-0.3, -0.25) is 0 Å². The molecule has 2 aromatic rings. The summed E-state index contributed by atoms with van der Waals surface area (Å²) in [6, 6.07) is 12.6. The Labute approximate surface area is 125 Å². The molecular weight excluding hydrogens is 286 g/mol. The van der Waals surface area contributed by atoms with Crippen LogP contribution in [0.1, 0.15) is 24.1 Å². The van der Waals surface area contributed by atoms with Gasteiger partial charge in [-0.25, -0.2) is 13.6 Å². The van der Waals surface area contributed by atoms with E-state index in [-0.39, 0.29) is 10.9 Å². The third-order valence-electron chi connectivity index (χ3n) is 3.26. The van der Waals surface area contributed by atoms with Crippen LogP contribution in [0.25, 0.3) is 0 Å². The van der Waals surface area contributed by atoms with Gasteiger partial charge in [0.15, 0.2) is 0 Å². The van der Waals surface area contributed by atoms with Gasteiger partial charge in [-0.2, -0.15) is 0 Å². The Morgan fingerprint density at radius 3 is 2.29 bits per heavy atom. The Morgan fingerprint density at radius 2 is 1.71 bits per heavy atom. The molecule has 0 saturated heterocycles. The summed E-state index contributed by atoms with van der Waals surface area (Å²) in [5.41, 5.74) is 8.66. The molecule has 21 heavy (non-hydrogen) atoms. The van der Waals surface area contributed by atoms with Crippen molar-refractivity contribution < 1.29 is 8.42 Å². The molecule has 2 aromatic carbocycles. The van der Waals surface area contributed by atoms with Crippen molar-refractivity contribution in [2.24, 2.45) is 5.14 Å². The van der Waals surface area contributed by atoms with Crippen LogP contribution in [0.2, 0.25) is 0 Å².